The maximum absolute atomic E-state index is 11.0. The van der Waals surface area contributed by atoms with Crippen LogP contribution in [0.2, 0.25) is 0 Å². The van der Waals surface area contributed by atoms with Gasteiger partial charge in [-0.15, -0.1) is 11.8 Å². The molecule has 1 amide bonds. The Morgan fingerprint density at radius 1 is 1.77 bits per heavy atom. The second-order valence-electron chi connectivity index (χ2n) is 3.27. The molecule has 0 aromatic rings. The van der Waals surface area contributed by atoms with E-state index in [0.717, 1.165) is 6.54 Å². The summed E-state index contributed by atoms with van der Waals surface area (Å²) in [5.74, 6) is -0.0241. The maximum Gasteiger partial charge on any atom is 0.302 e. The summed E-state index contributed by atoms with van der Waals surface area (Å²) in [6.45, 7) is 2.57. The number of hydrogen-bond acceptors (Lipinski definition) is 4. The van der Waals surface area contributed by atoms with Crippen LogP contribution in [0.1, 0.15) is 13.3 Å². The van der Waals surface area contributed by atoms with Crippen LogP contribution in [-0.2, 0) is 14.3 Å². The van der Waals surface area contributed by atoms with Crippen molar-refractivity contribution in [2.45, 2.75) is 24.0 Å². The highest BCUT2D eigenvalue weighted by molar-refractivity contribution is 8.00. The summed E-state index contributed by atoms with van der Waals surface area (Å²) >= 11 is 1.73. The van der Waals surface area contributed by atoms with Crippen LogP contribution in [0.3, 0.4) is 0 Å². The SMILES string of the molecule is CC(=O)OCC1CN2C(=O)C[C@@H]2S1. The molecule has 0 bridgehead atoms. The van der Waals surface area contributed by atoms with Gasteiger partial charge in [-0.2, -0.15) is 0 Å². The van der Waals surface area contributed by atoms with Crippen molar-refractivity contribution in [3.8, 4) is 0 Å². The van der Waals surface area contributed by atoms with Crippen LogP contribution in [0.15, 0.2) is 0 Å². The Morgan fingerprint density at radius 2 is 2.54 bits per heavy atom. The van der Waals surface area contributed by atoms with Gasteiger partial charge in [-0.25, -0.2) is 0 Å². The maximum atomic E-state index is 11.0. The van der Waals surface area contributed by atoms with Crippen molar-refractivity contribution in [2.75, 3.05) is 13.2 Å². The van der Waals surface area contributed by atoms with Crippen molar-refractivity contribution in [3.63, 3.8) is 0 Å². The smallest absolute Gasteiger partial charge is 0.302 e. The minimum absolute atomic E-state index is 0.225. The molecule has 2 atom stereocenters. The molecule has 0 aromatic carbocycles. The second kappa shape index (κ2) is 3.21. The average Bonchev–Trinajstić information content (AvgIpc) is 2.39. The molecule has 72 valence electrons. The molecule has 0 radical (unpaired) electrons. The van der Waals surface area contributed by atoms with Crippen molar-refractivity contribution >= 4 is 23.6 Å². The lowest BCUT2D eigenvalue weighted by Crippen LogP contribution is -2.47. The van der Waals surface area contributed by atoms with Gasteiger partial charge in [0.1, 0.15) is 6.61 Å². The van der Waals surface area contributed by atoms with Gasteiger partial charge < -0.3 is 9.64 Å². The van der Waals surface area contributed by atoms with E-state index in [2.05, 4.69) is 0 Å². The monoisotopic (exact) mass is 201 g/mol. The van der Waals surface area contributed by atoms with Crippen LogP contribution in [-0.4, -0.2) is 40.6 Å². The molecule has 2 heterocycles. The van der Waals surface area contributed by atoms with Gasteiger partial charge in [0.15, 0.2) is 0 Å². The summed E-state index contributed by atoms with van der Waals surface area (Å²) in [5.41, 5.74) is 0. The molecule has 2 saturated heterocycles. The topological polar surface area (TPSA) is 46.6 Å². The number of β-lactam (4-membered cyclic amide) rings is 1. The number of carbonyl (C=O) groups is 2. The number of rotatable bonds is 2. The third-order valence-electron chi connectivity index (χ3n) is 2.24. The summed E-state index contributed by atoms with van der Waals surface area (Å²) in [6.07, 6.45) is 0.654. The zero-order valence-electron chi connectivity index (χ0n) is 7.36. The molecule has 4 nitrogen and oxygen atoms in total. The van der Waals surface area contributed by atoms with Gasteiger partial charge in [0.25, 0.3) is 0 Å². The predicted octanol–water partition coefficient (Wildman–Crippen LogP) is 0.223. The van der Waals surface area contributed by atoms with Crippen LogP contribution in [0.25, 0.3) is 0 Å². The molecular formula is C8H11NO3S. The Hall–Kier alpha value is -0.710. The molecule has 2 aliphatic rings. The molecule has 0 aliphatic carbocycles. The highest BCUT2D eigenvalue weighted by Crippen LogP contribution is 2.39. The van der Waals surface area contributed by atoms with Gasteiger partial charge in [-0.1, -0.05) is 0 Å². The van der Waals surface area contributed by atoms with Crippen molar-refractivity contribution in [2.24, 2.45) is 0 Å². The van der Waals surface area contributed by atoms with E-state index in [9.17, 15) is 9.59 Å². The Kier molecular flexibility index (Phi) is 2.19. The van der Waals surface area contributed by atoms with Crippen LogP contribution in [0.5, 0.6) is 0 Å². The Bertz CT molecular complexity index is 256. The van der Waals surface area contributed by atoms with Crippen molar-refractivity contribution in [1.82, 2.24) is 4.90 Å². The van der Waals surface area contributed by atoms with Gasteiger partial charge in [0.2, 0.25) is 5.91 Å². The summed E-state index contributed by atoms with van der Waals surface area (Å²) in [7, 11) is 0. The number of nitrogens with zero attached hydrogens (tertiary/aromatic N) is 1. The number of carbonyl (C=O) groups excluding carboxylic acids is 2. The predicted molar refractivity (Wildman–Crippen MR) is 48.1 cm³/mol. The number of ether oxygens (including phenoxy) is 1. The zero-order chi connectivity index (χ0) is 9.42. The average molecular weight is 201 g/mol. The molecule has 0 spiro atoms. The van der Waals surface area contributed by atoms with E-state index in [0.29, 0.717) is 18.4 Å². The van der Waals surface area contributed by atoms with E-state index in [4.69, 9.17) is 4.74 Å². The first-order valence-corrected chi connectivity index (χ1v) is 5.19. The summed E-state index contributed by atoms with van der Waals surface area (Å²) < 4.78 is 4.89. The Morgan fingerprint density at radius 3 is 3.08 bits per heavy atom. The van der Waals surface area contributed by atoms with Crippen molar-refractivity contribution < 1.29 is 14.3 Å². The standard InChI is InChI=1S/C8H11NO3S/c1-5(10)12-4-6-3-9-7(11)2-8(9)13-6/h6,8H,2-4H2,1H3/t6?,8-/m0/s1. The van der Waals surface area contributed by atoms with Crippen LogP contribution >= 0.6 is 11.8 Å². The summed E-state index contributed by atoms with van der Waals surface area (Å²) in [6, 6.07) is 0. The zero-order valence-corrected chi connectivity index (χ0v) is 8.17. The molecule has 0 aromatic heterocycles. The van der Waals surface area contributed by atoms with Gasteiger partial charge in [0, 0.05) is 13.5 Å². The first kappa shape index (κ1) is 8.87. The molecule has 0 saturated carbocycles. The third kappa shape index (κ3) is 1.65. The summed E-state index contributed by atoms with van der Waals surface area (Å²) in [5, 5.41) is 0.633. The van der Waals surface area contributed by atoms with Crippen LogP contribution in [0.4, 0.5) is 0 Å². The van der Waals surface area contributed by atoms with E-state index in [1.54, 1.807) is 11.8 Å². The Labute approximate surface area is 80.6 Å². The quantitative estimate of drug-likeness (QED) is 0.474. The number of amides is 1. The van der Waals surface area contributed by atoms with Gasteiger partial charge in [-0.3, -0.25) is 9.59 Å². The largest absolute Gasteiger partial charge is 0.465 e. The molecule has 0 N–H and O–H groups in total. The lowest BCUT2D eigenvalue weighted by molar-refractivity contribution is -0.141. The lowest BCUT2D eigenvalue weighted by atomic mass is 10.2. The van der Waals surface area contributed by atoms with E-state index in [-0.39, 0.29) is 17.1 Å². The second-order valence-corrected chi connectivity index (χ2v) is 4.75. The van der Waals surface area contributed by atoms with Gasteiger partial charge >= 0.3 is 5.97 Å². The first-order chi connectivity index (χ1) is 6.16. The summed E-state index contributed by atoms with van der Waals surface area (Å²) in [4.78, 5) is 23.4. The number of esters is 1. The highest BCUT2D eigenvalue weighted by Gasteiger charge is 2.44. The highest BCUT2D eigenvalue weighted by atomic mass is 32.2. The number of fused-ring (bicyclic) bond motifs is 1. The molecule has 2 aliphatic heterocycles. The van der Waals surface area contributed by atoms with Crippen LogP contribution in [0, 0.1) is 0 Å². The fourth-order valence-corrected chi connectivity index (χ4v) is 2.98. The fraction of sp³-hybridized carbons (Fsp3) is 0.750. The molecule has 5 heteroatoms. The molecular weight excluding hydrogens is 190 g/mol. The normalized spacial score (nSPS) is 31.2. The Balaban J connectivity index is 1.78. The van der Waals surface area contributed by atoms with Gasteiger partial charge in [-0.05, 0) is 0 Å². The van der Waals surface area contributed by atoms with Crippen molar-refractivity contribution in [1.29, 1.82) is 0 Å². The fourth-order valence-electron chi connectivity index (χ4n) is 1.55. The molecule has 13 heavy (non-hydrogen) atoms. The number of hydrogen-bond donors (Lipinski definition) is 0. The van der Waals surface area contributed by atoms with E-state index < -0.39 is 0 Å². The molecule has 2 fully saturated rings. The molecule has 1 unspecified atom stereocenters. The van der Waals surface area contributed by atoms with Gasteiger partial charge in [0.05, 0.1) is 17.0 Å². The molecule has 2 rings (SSSR count). The minimum Gasteiger partial charge on any atom is -0.465 e. The number of thioether (sulfide) groups is 1. The lowest BCUT2D eigenvalue weighted by Gasteiger charge is -2.32. The van der Waals surface area contributed by atoms with Crippen molar-refractivity contribution in [3.05, 3.63) is 0 Å². The minimum atomic E-state index is -0.249. The first-order valence-electron chi connectivity index (χ1n) is 4.25. The van der Waals surface area contributed by atoms with E-state index in [1.807, 2.05) is 4.90 Å². The van der Waals surface area contributed by atoms with Crippen LogP contribution < -0.4 is 0 Å². The third-order valence-corrected chi connectivity index (χ3v) is 3.64. The van der Waals surface area contributed by atoms with E-state index in [1.165, 1.54) is 6.92 Å². The van der Waals surface area contributed by atoms with E-state index >= 15 is 0 Å².